The summed E-state index contributed by atoms with van der Waals surface area (Å²) in [5.41, 5.74) is 2.85. The third-order valence-corrected chi connectivity index (χ3v) is 3.05. The van der Waals surface area contributed by atoms with Crippen LogP contribution in [-0.4, -0.2) is 33.6 Å². The van der Waals surface area contributed by atoms with Crippen molar-refractivity contribution in [2.24, 2.45) is 5.92 Å². The SMILES string of the molecule is Cc1cc2ncc(CNCCC(=O)NCC(C)C)cn2n1. The summed E-state index contributed by atoms with van der Waals surface area (Å²) < 4.78 is 1.78. The lowest BCUT2D eigenvalue weighted by Gasteiger charge is -2.08. The molecule has 0 saturated carbocycles. The van der Waals surface area contributed by atoms with Crippen molar-refractivity contribution in [3.05, 3.63) is 29.7 Å². The van der Waals surface area contributed by atoms with E-state index in [0.717, 1.165) is 23.4 Å². The highest BCUT2D eigenvalue weighted by atomic mass is 16.1. The van der Waals surface area contributed by atoms with Crippen molar-refractivity contribution in [2.75, 3.05) is 13.1 Å². The van der Waals surface area contributed by atoms with E-state index in [1.807, 2.05) is 25.4 Å². The van der Waals surface area contributed by atoms with Gasteiger partial charge in [-0.05, 0) is 12.8 Å². The van der Waals surface area contributed by atoms with Crippen molar-refractivity contribution in [1.82, 2.24) is 25.2 Å². The number of rotatable bonds is 7. The van der Waals surface area contributed by atoms with E-state index in [0.29, 0.717) is 25.4 Å². The van der Waals surface area contributed by atoms with E-state index in [2.05, 4.69) is 34.6 Å². The summed E-state index contributed by atoms with van der Waals surface area (Å²) >= 11 is 0. The fourth-order valence-electron chi connectivity index (χ4n) is 1.97. The van der Waals surface area contributed by atoms with Gasteiger partial charge in [-0.2, -0.15) is 5.10 Å². The Kier molecular flexibility index (Phi) is 5.27. The molecule has 2 N–H and O–H groups in total. The van der Waals surface area contributed by atoms with Gasteiger partial charge in [0.1, 0.15) is 0 Å². The van der Waals surface area contributed by atoms with Crippen LogP contribution in [0, 0.1) is 12.8 Å². The Hall–Kier alpha value is -1.95. The fraction of sp³-hybridized carbons (Fsp3) is 0.533. The highest BCUT2D eigenvalue weighted by Crippen LogP contribution is 2.04. The molecule has 6 nitrogen and oxygen atoms in total. The standard InChI is InChI=1S/C15H23N5O/c1-11(2)7-18-15(21)4-5-16-8-13-9-17-14-6-12(3)19-20(14)10-13/h6,9-11,16H,4-5,7-8H2,1-3H3,(H,18,21). The molecule has 0 radical (unpaired) electrons. The normalized spacial score (nSPS) is 11.2. The first kappa shape index (κ1) is 15.4. The molecule has 0 spiro atoms. The number of aryl methyl sites for hydroxylation is 1. The van der Waals surface area contributed by atoms with Crippen molar-refractivity contribution in [3.8, 4) is 0 Å². The van der Waals surface area contributed by atoms with Gasteiger partial charge in [0, 0.05) is 50.1 Å². The largest absolute Gasteiger partial charge is 0.356 e. The topological polar surface area (TPSA) is 71.3 Å². The molecule has 0 aliphatic rings. The summed E-state index contributed by atoms with van der Waals surface area (Å²) in [6, 6.07) is 1.94. The molecule has 0 aliphatic heterocycles. The van der Waals surface area contributed by atoms with Crippen LogP contribution in [0.25, 0.3) is 5.65 Å². The van der Waals surface area contributed by atoms with Crippen molar-refractivity contribution >= 4 is 11.6 Å². The lowest BCUT2D eigenvalue weighted by Crippen LogP contribution is -2.30. The first-order chi connectivity index (χ1) is 10.0. The average Bonchev–Trinajstić information content (AvgIpc) is 2.80. The monoisotopic (exact) mass is 289 g/mol. The lowest BCUT2D eigenvalue weighted by molar-refractivity contribution is -0.121. The van der Waals surface area contributed by atoms with E-state index in [1.54, 1.807) is 4.52 Å². The van der Waals surface area contributed by atoms with Gasteiger partial charge in [0.15, 0.2) is 5.65 Å². The summed E-state index contributed by atoms with van der Waals surface area (Å²) in [5.74, 6) is 0.574. The highest BCUT2D eigenvalue weighted by Gasteiger charge is 2.03. The second kappa shape index (κ2) is 7.17. The van der Waals surface area contributed by atoms with E-state index in [-0.39, 0.29) is 5.91 Å². The van der Waals surface area contributed by atoms with E-state index in [4.69, 9.17) is 0 Å². The quantitative estimate of drug-likeness (QED) is 0.754. The summed E-state index contributed by atoms with van der Waals surface area (Å²) in [7, 11) is 0. The van der Waals surface area contributed by atoms with Crippen molar-refractivity contribution in [3.63, 3.8) is 0 Å². The number of hydrogen-bond acceptors (Lipinski definition) is 4. The Labute approximate surface area is 125 Å². The molecule has 0 atom stereocenters. The number of amides is 1. The molecule has 21 heavy (non-hydrogen) atoms. The van der Waals surface area contributed by atoms with Crippen molar-refractivity contribution in [1.29, 1.82) is 0 Å². The zero-order chi connectivity index (χ0) is 15.2. The predicted octanol–water partition coefficient (Wildman–Crippen LogP) is 1.29. The number of carbonyl (C=O) groups excluding carboxylic acids is 1. The number of nitrogens with one attached hydrogen (secondary N) is 2. The number of aromatic nitrogens is 3. The van der Waals surface area contributed by atoms with Crippen molar-refractivity contribution < 1.29 is 4.79 Å². The van der Waals surface area contributed by atoms with Gasteiger partial charge in [-0.15, -0.1) is 0 Å². The maximum Gasteiger partial charge on any atom is 0.221 e. The molecule has 0 bridgehead atoms. The number of hydrogen-bond donors (Lipinski definition) is 2. The lowest BCUT2D eigenvalue weighted by atomic mass is 10.2. The maximum atomic E-state index is 11.6. The summed E-state index contributed by atoms with van der Waals surface area (Å²) in [6.07, 6.45) is 4.28. The Balaban J connectivity index is 1.73. The fourth-order valence-corrected chi connectivity index (χ4v) is 1.97. The second-order valence-electron chi connectivity index (χ2n) is 5.68. The third-order valence-electron chi connectivity index (χ3n) is 3.05. The Morgan fingerprint density at radius 3 is 3.00 bits per heavy atom. The molecule has 2 rings (SSSR count). The van der Waals surface area contributed by atoms with Crippen LogP contribution in [0.5, 0.6) is 0 Å². The molecule has 0 saturated heterocycles. The van der Waals surface area contributed by atoms with Crippen LogP contribution >= 0.6 is 0 Å². The van der Waals surface area contributed by atoms with Crippen LogP contribution in [0.2, 0.25) is 0 Å². The smallest absolute Gasteiger partial charge is 0.221 e. The molecule has 0 aromatic carbocycles. The molecule has 1 amide bonds. The molecule has 0 unspecified atom stereocenters. The van der Waals surface area contributed by atoms with Gasteiger partial charge in [-0.25, -0.2) is 9.50 Å². The van der Waals surface area contributed by atoms with Gasteiger partial charge in [0.25, 0.3) is 0 Å². The molecule has 0 fully saturated rings. The first-order valence-corrected chi connectivity index (χ1v) is 7.33. The van der Waals surface area contributed by atoms with Gasteiger partial charge in [0.05, 0.1) is 5.69 Å². The first-order valence-electron chi connectivity index (χ1n) is 7.33. The number of fused-ring (bicyclic) bond motifs is 1. The van der Waals surface area contributed by atoms with E-state index < -0.39 is 0 Å². The van der Waals surface area contributed by atoms with Crippen molar-refractivity contribution in [2.45, 2.75) is 33.7 Å². The molecule has 0 aliphatic carbocycles. The Bertz CT molecular complexity index is 605. The average molecular weight is 289 g/mol. The molecule has 2 aromatic heterocycles. The van der Waals surface area contributed by atoms with E-state index in [9.17, 15) is 4.79 Å². The Morgan fingerprint density at radius 1 is 1.43 bits per heavy atom. The molecular weight excluding hydrogens is 266 g/mol. The van der Waals surface area contributed by atoms with Gasteiger partial charge in [-0.1, -0.05) is 13.8 Å². The van der Waals surface area contributed by atoms with Crippen LogP contribution in [0.4, 0.5) is 0 Å². The van der Waals surface area contributed by atoms with Crippen LogP contribution in [-0.2, 0) is 11.3 Å². The molecular formula is C15H23N5O. The van der Waals surface area contributed by atoms with Gasteiger partial charge < -0.3 is 10.6 Å². The van der Waals surface area contributed by atoms with Crippen LogP contribution in [0.15, 0.2) is 18.5 Å². The van der Waals surface area contributed by atoms with Crippen LogP contribution < -0.4 is 10.6 Å². The van der Waals surface area contributed by atoms with Gasteiger partial charge >= 0.3 is 0 Å². The number of nitrogens with zero attached hydrogens (tertiary/aromatic N) is 3. The summed E-state index contributed by atoms with van der Waals surface area (Å²) in [6.45, 7) is 8.18. The van der Waals surface area contributed by atoms with Gasteiger partial charge in [-0.3, -0.25) is 4.79 Å². The zero-order valence-electron chi connectivity index (χ0n) is 12.9. The minimum Gasteiger partial charge on any atom is -0.356 e. The third kappa shape index (κ3) is 4.82. The maximum absolute atomic E-state index is 11.6. The minimum absolute atomic E-state index is 0.0903. The molecule has 2 aromatic rings. The van der Waals surface area contributed by atoms with E-state index in [1.165, 1.54) is 0 Å². The highest BCUT2D eigenvalue weighted by molar-refractivity contribution is 5.76. The minimum atomic E-state index is 0.0903. The van der Waals surface area contributed by atoms with Gasteiger partial charge in [0.2, 0.25) is 5.91 Å². The number of carbonyl (C=O) groups is 1. The molecule has 6 heteroatoms. The van der Waals surface area contributed by atoms with Crippen LogP contribution in [0.3, 0.4) is 0 Å². The van der Waals surface area contributed by atoms with Crippen LogP contribution in [0.1, 0.15) is 31.5 Å². The molecule has 114 valence electrons. The zero-order valence-corrected chi connectivity index (χ0v) is 12.9. The second-order valence-corrected chi connectivity index (χ2v) is 5.68. The summed E-state index contributed by atoms with van der Waals surface area (Å²) in [5, 5.41) is 10.5. The summed E-state index contributed by atoms with van der Waals surface area (Å²) in [4.78, 5) is 15.9. The van der Waals surface area contributed by atoms with E-state index >= 15 is 0 Å². The molecule has 2 heterocycles. The predicted molar refractivity (Wildman–Crippen MR) is 81.9 cm³/mol. The Morgan fingerprint density at radius 2 is 2.24 bits per heavy atom.